The Morgan fingerprint density at radius 3 is 2.43 bits per heavy atom. The zero-order valence-corrected chi connectivity index (χ0v) is 13.2. The molecule has 0 aliphatic carbocycles. The number of pyridine rings is 1. The lowest BCUT2D eigenvalue weighted by molar-refractivity contribution is -0.386. The minimum Gasteiger partial charge on any atom is -0.432 e. The molecule has 0 atom stereocenters. The third-order valence-corrected chi connectivity index (χ3v) is 3.42. The first kappa shape index (κ1) is 15.3. The molecule has 0 saturated carbocycles. The van der Waals surface area contributed by atoms with Crippen molar-refractivity contribution in [2.45, 2.75) is 0 Å². The van der Waals surface area contributed by atoms with Gasteiger partial charge in [0, 0.05) is 22.8 Å². The van der Waals surface area contributed by atoms with Crippen LogP contribution in [0.2, 0.25) is 0 Å². The SMILES string of the molecule is O=[N+]([O-])c1ccc(Br)c(Oc2ncc(Br)cc2[N+](=O)[O-])c1. The molecular weight excluding hydrogens is 414 g/mol. The number of ether oxygens (including phenoxy) is 1. The number of hydrogen-bond donors (Lipinski definition) is 0. The Morgan fingerprint density at radius 1 is 1.10 bits per heavy atom. The molecule has 2 rings (SSSR count). The van der Waals surface area contributed by atoms with Crippen LogP contribution in [-0.4, -0.2) is 14.8 Å². The van der Waals surface area contributed by atoms with Gasteiger partial charge in [0.05, 0.1) is 20.4 Å². The molecule has 0 aliphatic rings. The van der Waals surface area contributed by atoms with Gasteiger partial charge in [-0.25, -0.2) is 4.98 Å². The van der Waals surface area contributed by atoms with Crippen molar-refractivity contribution in [2.24, 2.45) is 0 Å². The van der Waals surface area contributed by atoms with Crippen molar-refractivity contribution in [1.29, 1.82) is 0 Å². The van der Waals surface area contributed by atoms with Crippen LogP contribution in [0, 0.1) is 20.2 Å². The minimum absolute atomic E-state index is 0.0575. The lowest BCUT2D eigenvalue weighted by atomic mass is 10.3. The number of nitro benzene ring substituents is 1. The molecule has 8 nitrogen and oxygen atoms in total. The monoisotopic (exact) mass is 417 g/mol. The van der Waals surface area contributed by atoms with E-state index in [0.717, 1.165) is 6.07 Å². The first-order valence-electron chi connectivity index (χ1n) is 5.30. The van der Waals surface area contributed by atoms with Crippen LogP contribution < -0.4 is 4.74 Å². The van der Waals surface area contributed by atoms with Crippen LogP contribution in [0.4, 0.5) is 11.4 Å². The lowest BCUT2D eigenvalue weighted by Crippen LogP contribution is -1.97. The normalized spacial score (nSPS) is 10.2. The average Bonchev–Trinajstić information content (AvgIpc) is 2.42. The molecular formula is C11H5Br2N3O5. The van der Waals surface area contributed by atoms with E-state index in [-0.39, 0.29) is 23.0 Å². The van der Waals surface area contributed by atoms with Crippen LogP contribution in [0.15, 0.2) is 39.4 Å². The maximum Gasteiger partial charge on any atom is 0.332 e. The Hall–Kier alpha value is -2.07. The molecule has 0 saturated heterocycles. The van der Waals surface area contributed by atoms with Gasteiger partial charge in [-0.15, -0.1) is 0 Å². The smallest absolute Gasteiger partial charge is 0.332 e. The second kappa shape index (κ2) is 6.14. The highest BCUT2D eigenvalue weighted by Crippen LogP contribution is 2.36. The molecule has 0 spiro atoms. The molecule has 0 bridgehead atoms. The van der Waals surface area contributed by atoms with E-state index in [9.17, 15) is 20.2 Å². The van der Waals surface area contributed by atoms with E-state index in [1.54, 1.807) is 0 Å². The highest BCUT2D eigenvalue weighted by atomic mass is 79.9. The van der Waals surface area contributed by atoms with Gasteiger partial charge >= 0.3 is 5.69 Å². The number of non-ortho nitro benzene ring substituents is 1. The molecule has 10 heteroatoms. The summed E-state index contributed by atoms with van der Waals surface area (Å²) in [6.45, 7) is 0. The van der Waals surface area contributed by atoms with E-state index in [2.05, 4.69) is 36.8 Å². The van der Waals surface area contributed by atoms with E-state index in [0.29, 0.717) is 8.95 Å². The van der Waals surface area contributed by atoms with Gasteiger partial charge in [0.15, 0.2) is 5.75 Å². The van der Waals surface area contributed by atoms with Crippen LogP contribution in [-0.2, 0) is 0 Å². The second-order valence-corrected chi connectivity index (χ2v) is 5.48. The quantitative estimate of drug-likeness (QED) is 0.543. The van der Waals surface area contributed by atoms with Crippen molar-refractivity contribution < 1.29 is 14.6 Å². The molecule has 21 heavy (non-hydrogen) atoms. The van der Waals surface area contributed by atoms with Gasteiger partial charge in [-0.2, -0.15) is 0 Å². The van der Waals surface area contributed by atoms with Crippen molar-refractivity contribution in [2.75, 3.05) is 0 Å². The largest absolute Gasteiger partial charge is 0.432 e. The number of rotatable bonds is 4. The van der Waals surface area contributed by atoms with E-state index in [1.807, 2.05) is 0 Å². The topological polar surface area (TPSA) is 108 Å². The fourth-order valence-electron chi connectivity index (χ4n) is 1.41. The molecule has 1 aromatic heterocycles. The molecule has 2 aromatic rings. The highest BCUT2D eigenvalue weighted by molar-refractivity contribution is 9.10. The number of halogens is 2. The Kier molecular flexibility index (Phi) is 4.48. The first-order valence-corrected chi connectivity index (χ1v) is 6.89. The highest BCUT2D eigenvalue weighted by Gasteiger charge is 2.20. The van der Waals surface area contributed by atoms with Gasteiger partial charge in [-0.1, -0.05) is 0 Å². The van der Waals surface area contributed by atoms with Crippen molar-refractivity contribution >= 4 is 43.2 Å². The predicted octanol–water partition coefficient (Wildman–Crippen LogP) is 4.22. The summed E-state index contributed by atoms with van der Waals surface area (Å²) in [4.78, 5) is 24.3. The summed E-state index contributed by atoms with van der Waals surface area (Å²) in [7, 11) is 0. The molecule has 1 heterocycles. The van der Waals surface area contributed by atoms with E-state index in [4.69, 9.17) is 4.74 Å². The summed E-state index contributed by atoms with van der Waals surface area (Å²) < 4.78 is 6.15. The Bertz CT molecular complexity index is 738. The van der Waals surface area contributed by atoms with Crippen molar-refractivity contribution in [1.82, 2.24) is 4.98 Å². The molecule has 0 fully saturated rings. The van der Waals surface area contributed by atoms with Gasteiger partial charge in [0.25, 0.3) is 11.6 Å². The second-order valence-electron chi connectivity index (χ2n) is 3.71. The Morgan fingerprint density at radius 2 is 1.81 bits per heavy atom. The lowest BCUT2D eigenvalue weighted by Gasteiger charge is -2.07. The third-order valence-electron chi connectivity index (χ3n) is 2.33. The van der Waals surface area contributed by atoms with E-state index >= 15 is 0 Å². The van der Waals surface area contributed by atoms with Gasteiger partial charge < -0.3 is 4.74 Å². The van der Waals surface area contributed by atoms with Crippen LogP contribution >= 0.6 is 31.9 Å². The molecule has 0 unspecified atom stereocenters. The number of hydrogen-bond acceptors (Lipinski definition) is 6. The number of aromatic nitrogens is 1. The maximum atomic E-state index is 11.0. The van der Waals surface area contributed by atoms with Gasteiger partial charge in [-0.05, 0) is 37.9 Å². The average molecular weight is 419 g/mol. The van der Waals surface area contributed by atoms with E-state index < -0.39 is 9.85 Å². The molecule has 1 aromatic carbocycles. The van der Waals surface area contributed by atoms with Crippen molar-refractivity contribution in [3.8, 4) is 11.6 Å². The minimum atomic E-state index is -0.654. The zero-order valence-electron chi connectivity index (χ0n) is 10.0. The molecule has 108 valence electrons. The molecule has 0 N–H and O–H groups in total. The Labute approximate surface area is 134 Å². The summed E-state index contributed by atoms with van der Waals surface area (Å²) in [5, 5.41) is 21.7. The maximum absolute atomic E-state index is 11.0. The number of benzene rings is 1. The van der Waals surface area contributed by atoms with Crippen molar-refractivity contribution in [3.63, 3.8) is 0 Å². The van der Waals surface area contributed by atoms with Crippen molar-refractivity contribution in [3.05, 3.63) is 59.6 Å². The summed E-state index contributed by atoms with van der Waals surface area (Å²) in [5.74, 6) is -0.202. The third kappa shape index (κ3) is 3.52. The first-order chi connectivity index (χ1) is 9.88. The standard InChI is InChI=1S/C11H5Br2N3O5/c12-6-3-9(16(19)20)11(14-5-6)21-10-4-7(15(17)18)1-2-8(10)13/h1-5H. The number of nitrogens with zero attached hydrogens (tertiary/aromatic N) is 3. The van der Waals surface area contributed by atoms with Crippen LogP contribution in [0.1, 0.15) is 0 Å². The summed E-state index contributed by atoms with van der Waals surface area (Å²) in [6, 6.07) is 5.07. The van der Waals surface area contributed by atoms with Gasteiger partial charge in [0.1, 0.15) is 0 Å². The summed E-state index contributed by atoms with van der Waals surface area (Å²) in [6.07, 6.45) is 1.33. The van der Waals surface area contributed by atoms with Crippen LogP contribution in [0.3, 0.4) is 0 Å². The van der Waals surface area contributed by atoms with Gasteiger partial charge in [-0.3, -0.25) is 20.2 Å². The van der Waals surface area contributed by atoms with Crippen LogP contribution in [0.5, 0.6) is 11.6 Å². The predicted molar refractivity (Wildman–Crippen MR) is 79.5 cm³/mol. The number of nitro groups is 2. The van der Waals surface area contributed by atoms with Gasteiger partial charge in [0.2, 0.25) is 0 Å². The molecule has 0 radical (unpaired) electrons. The van der Waals surface area contributed by atoms with E-state index in [1.165, 1.54) is 24.4 Å². The Balaban J connectivity index is 2.45. The molecule has 0 aliphatic heterocycles. The summed E-state index contributed by atoms with van der Waals surface area (Å²) in [5.41, 5.74) is -0.559. The fraction of sp³-hybridized carbons (Fsp3) is 0. The zero-order chi connectivity index (χ0) is 15.6. The molecule has 0 amide bonds. The fourth-order valence-corrected chi connectivity index (χ4v) is 2.06. The van der Waals surface area contributed by atoms with Crippen LogP contribution in [0.25, 0.3) is 0 Å². The summed E-state index contributed by atoms with van der Waals surface area (Å²) >= 11 is 6.23.